The maximum absolute atomic E-state index is 13.2. The highest BCUT2D eigenvalue weighted by atomic mass is 32.2. The van der Waals surface area contributed by atoms with Crippen molar-refractivity contribution in [2.75, 3.05) is 5.32 Å². The quantitative estimate of drug-likeness (QED) is 0.683. The Hall–Kier alpha value is -1.62. The van der Waals surface area contributed by atoms with E-state index in [1.807, 2.05) is 27.7 Å². The Balaban J connectivity index is 2.51. The fourth-order valence-corrected chi connectivity index (χ4v) is 4.50. The summed E-state index contributed by atoms with van der Waals surface area (Å²) in [5.74, 6) is 0. The molecular formula is C20H33BN2O6S. The fraction of sp³-hybridized carbons (Fsp3) is 0.650. The van der Waals surface area contributed by atoms with E-state index in [9.17, 15) is 13.2 Å². The molecule has 2 N–H and O–H groups in total. The molecule has 0 bridgehead atoms. The number of hydrogen-bond donors (Lipinski definition) is 2. The molecule has 1 heterocycles. The number of anilines is 1. The zero-order valence-corrected chi connectivity index (χ0v) is 20.1. The van der Waals surface area contributed by atoms with Crippen LogP contribution in [0.5, 0.6) is 0 Å². The molecule has 1 fully saturated rings. The van der Waals surface area contributed by atoms with Gasteiger partial charge in [-0.05, 0) is 74.4 Å². The summed E-state index contributed by atoms with van der Waals surface area (Å²) in [5, 5.41) is 2.56. The smallest absolute Gasteiger partial charge is 0.447 e. The number of carbonyl (C=O) groups is 1. The minimum absolute atomic E-state index is 0.0294. The van der Waals surface area contributed by atoms with Crippen molar-refractivity contribution in [3.05, 3.63) is 18.2 Å². The van der Waals surface area contributed by atoms with Gasteiger partial charge in [0.05, 0.1) is 22.2 Å². The average Bonchev–Trinajstić information content (AvgIpc) is 2.72. The summed E-state index contributed by atoms with van der Waals surface area (Å²) >= 11 is 0. The van der Waals surface area contributed by atoms with Gasteiger partial charge in [0, 0.05) is 16.7 Å². The molecule has 0 saturated carbocycles. The summed E-state index contributed by atoms with van der Waals surface area (Å²) in [6.07, 6.45) is -0.972. The lowest BCUT2D eigenvalue weighted by Crippen LogP contribution is -2.45. The van der Waals surface area contributed by atoms with E-state index < -0.39 is 40.0 Å². The van der Waals surface area contributed by atoms with Gasteiger partial charge in [0.1, 0.15) is 0 Å². The lowest BCUT2D eigenvalue weighted by atomic mass is 9.79. The van der Waals surface area contributed by atoms with Gasteiger partial charge in [0.2, 0.25) is 10.0 Å². The van der Waals surface area contributed by atoms with Crippen molar-refractivity contribution < 1.29 is 27.3 Å². The largest absolute Gasteiger partial charge is 0.496 e. The Morgan fingerprint density at radius 1 is 1.10 bits per heavy atom. The molecular weight excluding hydrogens is 407 g/mol. The first-order valence-electron chi connectivity index (χ1n) is 9.95. The van der Waals surface area contributed by atoms with Crippen LogP contribution in [0.2, 0.25) is 0 Å². The van der Waals surface area contributed by atoms with Gasteiger partial charge in [-0.1, -0.05) is 6.07 Å². The summed E-state index contributed by atoms with van der Waals surface area (Å²) in [6.45, 7) is 16.3. The van der Waals surface area contributed by atoms with Crippen LogP contribution in [0.3, 0.4) is 0 Å². The molecule has 0 radical (unpaired) electrons. The van der Waals surface area contributed by atoms with Crippen LogP contribution in [0, 0.1) is 0 Å². The lowest BCUT2D eigenvalue weighted by Gasteiger charge is -2.32. The third-order valence-corrected chi connectivity index (χ3v) is 6.65. The van der Waals surface area contributed by atoms with E-state index in [-0.39, 0.29) is 16.7 Å². The van der Waals surface area contributed by atoms with E-state index in [1.54, 1.807) is 46.8 Å². The normalized spacial score (nSPS) is 18.5. The number of nitrogens with one attached hydrogen (secondary N) is 2. The van der Waals surface area contributed by atoms with Crippen molar-refractivity contribution in [1.29, 1.82) is 0 Å². The van der Waals surface area contributed by atoms with Crippen LogP contribution in [0.4, 0.5) is 10.5 Å². The maximum atomic E-state index is 13.2. The first kappa shape index (κ1) is 24.7. The number of amides is 1. The van der Waals surface area contributed by atoms with Crippen molar-refractivity contribution in [2.24, 2.45) is 0 Å². The van der Waals surface area contributed by atoms with Crippen LogP contribution in [-0.4, -0.2) is 44.5 Å². The number of rotatable bonds is 5. The van der Waals surface area contributed by atoms with Crippen molar-refractivity contribution in [2.45, 2.75) is 90.1 Å². The molecule has 1 saturated heterocycles. The van der Waals surface area contributed by atoms with Crippen molar-refractivity contribution >= 4 is 34.4 Å². The van der Waals surface area contributed by atoms with Gasteiger partial charge in [-0.3, -0.25) is 5.32 Å². The highest BCUT2D eigenvalue weighted by Gasteiger charge is 2.53. The van der Waals surface area contributed by atoms with Gasteiger partial charge >= 0.3 is 13.2 Å². The van der Waals surface area contributed by atoms with Crippen LogP contribution in [0.1, 0.15) is 62.3 Å². The van der Waals surface area contributed by atoms with Crippen LogP contribution >= 0.6 is 0 Å². The van der Waals surface area contributed by atoms with E-state index in [1.165, 1.54) is 6.07 Å². The second-order valence-electron chi connectivity index (χ2n) is 9.78. The number of ether oxygens (including phenoxy) is 1. The number of benzene rings is 1. The lowest BCUT2D eigenvalue weighted by molar-refractivity contribution is 0.00578. The second kappa shape index (κ2) is 8.14. The molecule has 0 aromatic heterocycles. The monoisotopic (exact) mass is 440 g/mol. The predicted molar refractivity (Wildman–Crippen MR) is 117 cm³/mol. The first-order valence-corrected chi connectivity index (χ1v) is 11.4. The van der Waals surface area contributed by atoms with E-state index >= 15 is 0 Å². The molecule has 30 heavy (non-hydrogen) atoms. The second-order valence-corrected chi connectivity index (χ2v) is 11.4. The van der Waals surface area contributed by atoms with Crippen molar-refractivity contribution in [3.8, 4) is 0 Å². The summed E-state index contributed by atoms with van der Waals surface area (Å²) in [6, 6.07) is 4.57. The number of sulfonamides is 1. The molecule has 168 valence electrons. The SMILES string of the molecule is CC(C)OC(=O)Nc1ccc(B2OC(C)(C)C(C)(C)O2)c(S(=O)(=O)NC(C)(C)C)c1. The van der Waals surface area contributed by atoms with Crippen LogP contribution in [0.25, 0.3) is 0 Å². The number of carbonyl (C=O) groups excluding carboxylic acids is 1. The zero-order chi connectivity index (χ0) is 23.1. The van der Waals surface area contributed by atoms with Gasteiger partial charge in [0.15, 0.2) is 0 Å². The van der Waals surface area contributed by atoms with Gasteiger partial charge < -0.3 is 14.0 Å². The third kappa shape index (κ3) is 5.75. The summed E-state index contributed by atoms with van der Waals surface area (Å²) in [5.41, 5.74) is -1.32. The molecule has 0 unspecified atom stereocenters. The third-order valence-electron chi connectivity index (χ3n) is 4.84. The van der Waals surface area contributed by atoms with Gasteiger partial charge in [-0.25, -0.2) is 17.9 Å². The van der Waals surface area contributed by atoms with E-state index in [2.05, 4.69) is 10.0 Å². The minimum Gasteiger partial charge on any atom is -0.447 e. The van der Waals surface area contributed by atoms with Gasteiger partial charge in [-0.15, -0.1) is 0 Å². The first-order chi connectivity index (χ1) is 13.4. The number of hydrogen-bond acceptors (Lipinski definition) is 6. The topological polar surface area (TPSA) is 103 Å². The summed E-state index contributed by atoms with van der Waals surface area (Å²) < 4.78 is 46.2. The molecule has 2 rings (SSSR count). The standard InChI is InChI=1S/C20H33BN2O6S/c1-13(2)27-17(24)22-14-10-11-15(21-28-19(6,7)20(8,9)29-21)16(12-14)30(25,26)23-18(3,4)5/h10-13,23H,1-9H3,(H,22,24). The Kier molecular flexibility index (Phi) is 6.69. The van der Waals surface area contributed by atoms with Gasteiger partial charge in [0.25, 0.3) is 0 Å². The van der Waals surface area contributed by atoms with E-state index in [0.29, 0.717) is 5.46 Å². The molecule has 0 atom stereocenters. The van der Waals surface area contributed by atoms with Crippen LogP contribution in [-0.2, 0) is 24.1 Å². The minimum atomic E-state index is -3.94. The van der Waals surface area contributed by atoms with Gasteiger partial charge in [-0.2, -0.15) is 0 Å². The Morgan fingerprint density at radius 3 is 2.10 bits per heavy atom. The molecule has 10 heteroatoms. The Labute approximate surface area is 180 Å². The zero-order valence-electron chi connectivity index (χ0n) is 19.2. The van der Waals surface area contributed by atoms with Crippen molar-refractivity contribution in [3.63, 3.8) is 0 Å². The molecule has 0 spiro atoms. The molecule has 1 aliphatic rings. The maximum Gasteiger partial charge on any atom is 0.496 e. The molecule has 1 aromatic rings. The van der Waals surface area contributed by atoms with E-state index in [4.69, 9.17) is 14.0 Å². The predicted octanol–water partition coefficient (Wildman–Crippen LogP) is 3.02. The summed E-state index contributed by atoms with van der Waals surface area (Å²) in [7, 11) is -4.82. The van der Waals surface area contributed by atoms with Crippen molar-refractivity contribution in [1.82, 2.24) is 4.72 Å². The Bertz CT molecular complexity index is 890. The fourth-order valence-electron chi connectivity index (χ4n) is 2.83. The molecule has 8 nitrogen and oxygen atoms in total. The molecule has 1 amide bonds. The summed E-state index contributed by atoms with van der Waals surface area (Å²) in [4.78, 5) is 11.9. The molecule has 1 aliphatic heterocycles. The van der Waals surface area contributed by atoms with Crippen LogP contribution in [0.15, 0.2) is 23.1 Å². The Morgan fingerprint density at radius 2 is 1.63 bits per heavy atom. The van der Waals surface area contributed by atoms with E-state index in [0.717, 1.165) is 0 Å². The molecule has 0 aliphatic carbocycles. The average molecular weight is 440 g/mol. The highest BCUT2D eigenvalue weighted by molar-refractivity contribution is 7.89. The van der Waals surface area contributed by atoms with Crippen LogP contribution < -0.4 is 15.5 Å². The highest BCUT2D eigenvalue weighted by Crippen LogP contribution is 2.37. The molecule has 1 aromatic carbocycles.